The third kappa shape index (κ3) is 4.91. The van der Waals surface area contributed by atoms with Gasteiger partial charge in [0, 0.05) is 30.4 Å². The first-order chi connectivity index (χ1) is 17.1. The number of pyridine rings is 1. The van der Waals surface area contributed by atoms with E-state index in [1.54, 1.807) is 20.2 Å². The minimum atomic E-state index is -0.620. The fraction of sp³-hybridized carbons (Fsp3) is 0.536. The highest BCUT2D eigenvalue weighted by atomic mass is 16.5. The van der Waals surface area contributed by atoms with Crippen LogP contribution in [0.25, 0.3) is 0 Å². The molecule has 1 aliphatic carbocycles. The van der Waals surface area contributed by atoms with Crippen LogP contribution in [-0.4, -0.2) is 49.7 Å². The Morgan fingerprint density at radius 2 is 2.00 bits per heavy atom. The average molecular weight is 496 g/mol. The molecule has 36 heavy (non-hydrogen) atoms. The van der Waals surface area contributed by atoms with Gasteiger partial charge in [0.05, 0.1) is 49.5 Å². The maximum absolute atomic E-state index is 13.0. The van der Waals surface area contributed by atoms with Crippen molar-refractivity contribution in [3.8, 4) is 5.75 Å². The second-order valence-electron chi connectivity index (χ2n) is 10.9. The van der Waals surface area contributed by atoms with Gasteiger partial charge in [0.1, 0.15) is 11.3 Å². The molecule has 4 rings (SSSR count). The van der Waals surface area contributed by atoms with E-state index in [0.717, 1.165) is 12.8 Å². The summed E-state index contributed by atoms with van der Waals surface area (Å²) in [5.74, 6) is -0.0296. The van der Waals surface area contributed by atoms with Crippen LogP contribution in [0.15, 0.2) is 40.2 Å². The number of methoxy groups -OCH3 is 1. The van der Waals surface area contributed by atoms with Crippen molar-refractivity contribution < 1.29 is 19.0 Å². The van der Waals surface area contributed by atoms with Crippen LogP contribution in [0.4, 0.5) is 5.69 Å². The summed E-state index contributed by atoms with van der Waals surface area (Å²) in [4.78, 5) is 30.3. The first kappa shape index (κ1) is 25.9. The van der Waals surface area contributed by atoms with Crippen molar-refractivity contribution in [3.05, 3.63) is 57.5 Å². The summed E-state index contributed by atoms with van der Waals surface area (Å²) in [7, 11) is 1.72. The number of nitrogen functional groups attached to an aromatic ring is 1. The van der Waals surface area contributed by atoms with Crippen molar-refractivity contribution in [2.24, 2.45) is 15.8 Å². The first-order valence-electron chi connectivity index (χ1n) is 12.6. The lowest BCUT2D eigenvalue weighted by molar-refractivity contribution is -0.0184. The van der Waals surface area contributed by atoms with Gasteiger partial charge in [-0.05, 0) is 31.2 Å². The fourth-order valence-electron chi connectivity index (χ4n) is 5.04. The molecule has 1 fully saturated rings. The third-order valence-electron chi connectivity index (χ3n) is 7.30. The van der Waals surface area contributed by atoms with Crippen LogP contribution >= 0.6 is 0 Å². The summed E-state index contributed by atoms with van der Waals surface area (Å²) in [5.41, 5.74) is 8.50. The monoisotopic (exact) mass is 495 g/mol. The van der Waals surface area contributed by atoms with Crippen LogP contribution < -0.4 is 15.9 Å². The maximum atomic E-state index is 13.0. The first-order valence-corrected chi connectivity index (χ1v) is 12.6. The van der Waals surface area contributed by atoms with Crippen LogP contribution in [0.5, 0.6) is 5.75 Å². The number of anilines is 1. The summed E-state index contributed by atoms with van der Waals surface area (Å²) in [5, 5.41) is 0. The number of hydrogen-bond donors (Lipinski definition) is 1. The van der Waals surface area contributed by atoms with Gasteiger partial charge in [-0.3, -0.25) is 9.79 Å². The van der Waals surface area contributed by atoms with Crippen LogP contribution in [0, 0.1) is 10.8 Å². The Hall–Kier alpha value is -3.13. The molecule has 8 nitrogen and oxygen atoms in total. The zero-order valence-corrected chi connectivity index (χ0v) is 21.9. The highest BCUT2D eigenvalue weighted by Gasteiger charge is 2.38. The number of esters is 1. The van der Waals surface area contributed by atoms with Crippen molar-refractivity contribution in [2.75, 3.05) is 39.2 Å². The quantitative estimate of drug-likeness (QED) is 0.434. The molecule has 2 aromatic rings. The van der Waals surface area contributed by atoms with Crippen LogP contribution in [0.1, 0.15) is 74.6 Å². The van der Waals surface area contributed by atoms with Crippen LogP contribution in [0.3, 0.4) is 0 Å². The summed E-state index contributed by atoms with van der Waals surface area (Å²) < 4.78 is 18.7. The highest BCUT2D eigenvalue weighted by Crippen LogP contribution is 2.42. The van der Waals surface area contributed by atoms with Gasteiger partial charge in [0.2, 0.25) is 0 Å². The van der Waals surface area contributed by atoms with Gasteiger partial charge in [-0.1, -0.05) is 39.3 Å². The SMILES string of the molecule is CCOC(=O)c1cn2c(cc1=O)C(c1cccc(OCC3(COC)CCC3)c1N)=NCC2C(C)(C)C. The number of aliphatic imine (C=N–C) groups is 1. The molecule has 2 heterocycles. The average Bonchev–Trinajstić information content (AvgIpc) is 2.80. The zero-order chi connectivity index (χ0) is 26.1. The minimum absolute atomic E-state index is 0.0186. The minimum Gasteiger partial charge on any atom is -0.491 e. The zero-order valence-electron chi connectivity index (χ0n) is 21.9. The molecule has 1 saturated carbocycles. The van der Waals surface area contributed by atoms with Gasteiger partial charge in [-0.2, -0.15) is 0 Å². The molecule has 1 aliphatic heterocycles. The van der Waals surface area contributed by atoms with Crippen molar-refractivity contribution in [1.82, 2.24) is 4.57 Å². The molecule has 1 aromatic carbocycles. The van der Waals surface area contributed by atoms with E-state index in [-0.39, 0.29) is 29.0 Å². The van der Waals surface area contributed by atoms with E-state index >= 15 is 0 Å². The highest BCUT2D eigenvalue weighted by molar-refractivity contribution is 6.16. The molecule has 0 bridgehead atoms. The Kier molecular flexibility index (Phi) is 7.27. The van der Waals surface area contributed by atoms with Crippen LogP contribution in [0.2, 0.25) is 0 Å². The number of nitrogens with zero attached hydrogens (tertiary/aromatic N) is 2. The fourth-order valence-corrected chi connectivity index (χ4v) is 5.04. The number of aromatic nitrogens is 1. The van der Waals surface area contributed by atoms with E-state index in [4.69, 9.17) is 24.9 Å². The molecule has 0 amide bonds. The van der Waals surface area contributed by atoms with Gasteiger partial charge in [0.15, 0.2) is 5.43 Å². The van der Waals surface area contributed by atoms with Crippen molar-refractivity contribution in [3.63, 3.8) is 0 Å². The largest absolute Gasteiger partial charge is 0.491 e. The molecule has 2 aliphatic rings. The number of rotatable bonds is 8. The summed E-state index contributed by atoms with van der Waals surface area (Å²) in [6, 6.07) is 7.05. The lowest BCUT2D eigenvalue weighted by Crippen LogP contribution is -2.39. The summed E-state index contributed by atoms with van der Waals surface area (Å²) >= 11 is 0. The standard InChI is InChI=1S/C28H37N3O5/c1-6-35-26(33)19-15-31-20(13-21(19)32)25(30-14-23(31)27(2,3)4)18-9-7-10-22(24(18)29)36-17-28(16-34-5)11-8-12-28/h7,9-10,13,15,23H,6,8,11-12,14,16-17,29H2,1-5H3. The Bertz CT molecular complexity index is 1220. The molecule has 1 unspecified atom stereocenters. The van der Waals surface area contributed by atoms with Crippen molar-refractivity contribution in [1.29, 1.82) is 0 Å². The molecule has 2 N–H and O–H groups in total. The number of fused-ring (bicyclic) bond motifs is 1. The summed E-state index contributed by atoms with van der Waals surface area (Å²) in [6.07, 6.45) is 4.93. The molecule has 1 aromatic heterocycles. The molecular weight excluding hydrogens is 458 g/mol. The Labute approximate surface area is 212 Å². The van der Waals surface area contributed by atoms with Crippen molar-refractivity contribution in [2.45, 2.75) is 53.0 Å². The van der Waals surface area contributed by atoms with Crippen LogP contribution in [-0.2, 0) is 9.47 Å². The van der Waals surface area contributed by atoms with E-state index in [1.807, 2.05) is 22.8 Å². The van der Waals surface area contributed by atoms with Crippen molar-refractivity contribution >= 4 is 17.4 Å². The normalized spacial score (nSPS) is 18.6. The molecular formula is C28H37N3O5. The Morgan fingerprint density at radius 3 is 2.61 bits per heavy atom. The summed E-state index contributed by atoms with van der Waals surface area (Å²) in [6.45, 7) is 9.94. The van der Waals surface area contributed by atoms with Gasteiger partial charge >= 0.3 is 5.97 Å². The van der Waals surface area contributed by atoms with E-state index in [9.17, 15) is 9.59 Å². The second kappa shape index (κ2) is 10.1. The molecule has 194 valence electrons. The molecule has 1 atom stereocenters. The number of carbonyl (C=O) groups is 1. The lowest BCUT2D eigenvalue weighted by atomic mass is 9.70. The van der Waals surface area contributed by atoms with E-state index < -0.39 is 11.4 Å². The van der Waals surface area contributed by atoms with Gasteiger partial charge in [0.25, 0.3) is 0 Å². The van der Waals surface area contributed by atoms with Gasteiger partial charge < -0.3 is 24.5 Å². The number of para-hydroxylation sites is 1. The van der Waals surface area contributed by atoms with E-state index in [0.29, 0.717) is 48.2 Å². The lowest BCUT2D eigenvalue weighted by Gasteiger charge is -2.40. The smallest absolute Gasteiger partial charge is 0.343 e. The maximum Gasteiger partial charge on any atom is 0.343 e. The third-order valence-corrected chi connectivity index (χ3v) is 7.30. The predicted octanol–water partition coefficient (Wildman–Crippen LogP) is 4.24. The number of benzene rings is 1. The second-order valence-corrected chi connectivity index (χ2v) is 10.9. The number of carbonyl (C=O) groups excluding carboxylic acids is 1. The predicted molar refractivity (Wildman–Crippen MR) is 140 cm³/mol. The Morgan fingerprint density at radius 1 is 1.25 bits per heavy atom. The number of nitrogens with two attached hydrogens (primary N) is 1. The molecule has 0 radical (unpaired) electrons. The van der Waals surface area contributed by atoms with E-state index in [2.05, 4.69) is 20.8 Å². The van der Waals surface area contributed by atoms with E-state index in [1.165, 1.54) is 12.5 Å². The molecule has 0 saturated heterocycles. The topological polar surface area (TPSA) is 105 Å². The Balaban J connectivity index is 1.73. The number of ether oxygens (including phenoxy) is 3. The molecule has 8 heteroatoms. The number of hydrogen-bond acceptors (Lipinski definition) is 7. The molecule has 0 spiro atoms. The van der Waals surface area contributed by atoms with Gasteiger partial charge in [-0.15, -0.1) is 0 Å². The van der Waals surface area contributed by atoms with Gasteiger partial charge in [-0.25, -0.2) is 4.79 Å².